The van der Waals surface area contributed by atoms with Crippen molar-refractivity contribution in [2.75, 3.05) is 45.8 Å². The number of halogens is 2. The van der Waals surface area contributed by atoms with E-state index in [2.05, 4.69) is 16.8 Å². The van der Waals surface area contributed by atoms with Crippen molar-refractivity contribution in [3.05, 3.63) is 29.1 Å². The highest BCUT2D eigenvalue weighted by Crippen LogP contribution is 2.37. The van der Waals surface area contributed by atoms with Crippen molar-refractivity contribution < 1.29 is 18.4 Å². The van der Waals surface area contributed by atoms with Gasteiger partial charge >= 0.3 is 6.03 Å². The maximum atomic E-state index is 13.5. The summed E-state index contributed by atoms with van der Waals surface area (Å²) >= 11 is 0. The summed E-state index contributed by atoms with van der Waals surface area (Å²) in [7, 11) is 0. The lowest BCUT2D eigenvalue weighted by molar-refractivity contribution is -0.0474. The van der Waals surface area contributed by atoms with Crippen molar-refractivity contribution in [2.24, 2.45) is 5.92 Å². The number of hydrogen-bond donors (Lipinski definition) is 0. The maximum Gasteiger partial charge on any atom is 0.320 e. The fourth-order valence-electron chi connectivity index (χ4n) is 7.10. The number of likely N-dealkylation sites (tertiary alicyclic amines) is 2. The summed E-state index contributed by atoms with van der Waals surface area (Å²) in [4.78, 5) is 39.2. The van der Waals surface area contributed by atoms with Gasteiger partial charge in [-0.1, -0.05) is 0 Å². The van der Waals surface area contributed by atoms with Crippen LogP contribution in [0, 0.1) is 19.8 Å². The first-order valence-corrected chi connectivity index (χ1v) is 14.5. The highest BCUT2D eigenvalue weighted by Gasteiger charge is 2.42. The summed E-state index contributed by atoms with van der Waals surface area (Å²) < 4.78 is 27.0. The Morgan fingerprint density at radius 2 is 1.63 bits per heavy atom. The Bertz CT molecular complexity index is 1000. The molecular weight excluding hydrogens is 488 g/mol. The van der Waals surface area contributed by atoms with E-state index >= 15 is 0 Å². The number of hydrogen-bond acceptors (Lipinski definition) is 4. The fraction of sp³-hybridized carbons (Fsp3) is 0.759. The Kier molecular flexibility index (Phi) is 7.68. The molecule has 0 atom stereocenters. The molecule has 0 unspecified atom stereocenters. The van der Waals surface area contributed by atoms with E-state index in [0.29, 0.717) is 25.9 Å². The molecule has 1 aliphatic carbocycles. The van der Waals surface area contributed by atoms with Gasteiger partial charge < -0.3 is 14.7 Å². The second kappa shape index (κ2) is 10.7. The van der Waals surface area contributed by atoms with Gasteiger partial charge in [0.05, 0.1) is 11.3 Å². The topological polar surface area (TPSA) is 60.0 Å². The van der Waals surface area contributed by atoms with E-state index in [1.165, 1.54) is 0 Å². The van der Waals surface area contributed by atoms with Crippen LogP contribution in [0.2, 0.25) is 0 Å². The third-order valence-electron chi connectivity index (χ3n) is 9.80. The van der Waals surface area contributed by atoms with Gasteiger partial charge in [0.25, 0.3) is 5.91 Å². The SMILES string of the molecule is Cc1ccnc(C)c1C(=O)N1CCC(C)(N2CCC(N3CCN(CC4CCC(F)(F)CC4)C3=O)CC2)CC1. The number of aryl methyl sites for hydroxylation is 2. The van der Waals surface area contributed by atoms with Gasteiger partial charge in [-0.25, -0.2) is 13.6 Å². The molecule has 0 spiro atoms. The number of pyridine rings is 1. The standard InChI is InChI=1S/C29H43F2N5O2/c1-21-6-13-32-22(2)25(21)26(37)33-16-11-28(3,12-17-33)35-14-7-24(8-15-35)36-19-18-34(27(36)38)20-23-4-9-29(30,31)10-5-23/h6,13,23-24H,4-5,7-12,14-20H2,1-3H3. The number of amides is 3. The molecule has 3 saturated heterocycles. The van der Waals surface area contributed by atoms with Gasteiger partial charge in [0.2, 0.25) is 5.92 Å². The smallest absolute Gasteiger partial charge is 0.320 e. The molecule has 0 bridgehead atoms. The lowest BCUT2D eigenvalue weighted by atomic mass is 9.85. The number of carbonyl (C=O) groups is 2. The predicted octanol–water partition coefficient (Wildman–Crippen LogP) is 4.72. The first-order valence-electron chi connectivity index (χ1n) is 14.5. The average Bonchev–Trinajstić information content (AvgIpc) is 3.25. The summed E-state index contributed by atoms with van der Waals surface area (Å²) in [5.74, 6) is -2.23. The van der Waals surface area contributed by atoms with Crippen LogP contribution in [-0.2, 0) is 0 Å². The van der Waals surface area contributed by atoms with E-state index in [1.54, 1.807) is 6.20 Å². The molecule has 0 N–H and O–H groups in total. The molecule has 210 valence electrons. The van der Waals surface area contributed by atoms with Crippen molar-refractivity contribution in [1.29, 1.82) is 0 Å². The minimum absolute atomic E-state index is 0.0463. The molecule has 7 nitrogen and oxygen atoms in total. The monoisotopic (exact) mass is 531 g/mol. The van der Waals surface area contributed by atoms with Crippen molar-refractivity contribution in [3.63, 3.8) is 0 Å². The van der Waals surface area contributed by atoms with Gasteiger partial charge in [0.15, 0.2) is 0 Å². The van der Waals surface area contributed by atoms with Gasteiger partial charge in [-0.05, 0) is 76.8 Å². The molecule has 9 heteroatoms. The lowest BCUT2D eigenvalue weighted by Gasteiger charge is -2.50. The zero-order valence-corrected chi connectivity index (χ0v) is 23.2. The molecule has 4 heterocycles. The quantitative estimate of drug-likeness (QED) is 0.552. The van der Waals surface area contributed by atoms with Gasteiger partial charge in [-0.2, -0.15) is 0 Å². The largest absolute Gasteiger partial charge is 0.338 e. The highest BCUT2D eigenvalue weighted by atomic mass is 19.3. The maximum absolute atomic E-state index is 13.5. The molecule has 3 amide bonds. The minimum Gasteiger partial charge on any atom is -0.338 e. The predicted molar refractivity (Wildman–Crippen MR) is 142 cm³/mol. The van der Waals surface area contributed by atoms with Crippen molar-refractivity contribution >= 4 is 11.9 Å². The van der Waals surface area contributed by atoms with Crippen LogP contribution in [0.5, 0.6) is 0 Å². The molecule has 4 aliphatic rings. The van der Waals surface area contributed by atoms with Crippen LogP contribution < -0.4 is 0 Å². The van der Waals surface area contributed by atoms with Gasteiger partial charge in [0.1, 0.15) is 0 Å². The molecule has 38 heavy (non-hydrogen) atoms. The van der Waals surface area contributed by atoms with E-state index in [-0.39, 0.29) is 42.3 Å². The zero-order valence-electron chi connectivity index (χ0n) is 23.2. The first kappa shape index (κ1) is 27.3. The molecule has 1 aromatic rings. The van der Waals surface area contributed by atoms with E-state index < -0.39 is 5.92 Å². The normalized spacial score (nSPS) is 25.3. The Balaban J connectivity index is 1.10. The number of nitrogens with zero attached hydrogens (tertiary/aromatic N) is 5. The van der Waals surface area contributed by atoms with Crippen LogP contribution in [-0.4, -0.2) is 99.8 Å². The first-order chi connectivity index (χ1) is 18.1. The molecule has 1 saturated carbocycles. The Morgan fingerprint density at radius 1 is 0.974 bits per heavy atom. The number of urea groups is 1. The molecule has 4 fully saturated rings. The summed E-state index contributed by atoms with van der Waals surface area (Å²) in [5, 5.41) is 0. The number of alkyl halides is 2. The molecule has 0 radical (unpaired) electrons. The molecule has 3 aliphatic heterocycles. The van der Waals surface area contributed by atoms with Crippen LogP contribution in [0.25, 0.3) is 0 Å². The second-order valence-corrected chi connectivity index (χ2v) is 12.3. The Morgan fingerprint density at radius 3 is 2.26 bits per heavy atom. The summed E-state index contributed by atoms with van der Waals surface area (Å²) in [6.45, 7) is 11.7. The average molecular weight is 532 g/mol. The third-order valence-corrected chi connectivity index (χ3v) is 9.80. The van der Waals surface area contributed by atoms with E-state index in [1.807, 2.05) is 34.6 Å². The van der Waals surface area contributed by atoms with Crippen molar-refractivity contribution in [3.8, 4) is 0 Å². The van der Waals surface area contributed by atoms with Crippen LogP contribution in [0.4, 0.5) is 13.6 Å². The Labute approximate surface area is 225 Å². The number of carbonyl (C=O) groups excluding carboxylic acids is 2. The van der Waals surface area contributed by atoms with E-state index in [4.69, 9.17) is 0 Å². The summed E-state index contributed by atoms with van der Waals surface area (Å²) in [6, 6.07) is 2.25. The molecule has 5 rings (SSSR count). The lowest BCUT2D eigenvalue weighted by Crippen LogP contribution is -2.58. The van der Waals surface area contributed by atoms with Gasteiger partial charge in [-0.3, -0.25) is 14.7 Å². The Hall–Kier alpha value is -2.29. The third kappa shape index (κ3) is 5.54. The second-order valence-electron chi connectivity index (χ2n) is 12.3. The van der Waals surface area contributed by atoms with Crippen LogP contribution in [0.3, 0.4) is 0 Å². The number of aromatic nitrogens is 1. The van der Waals surface area contributed by atoms with Crippen molar-refractivity contribution in [1.82, 2.24) is 24.6 Å². The molecule has 0 aromatic carbocycles. The number of rotatable bonds is 5. The highest BCUT2D eigenvalue weighted by molar-refractivity contribution is 5.96. The van der Waals surface area contributed by atoms with Crippen LogP contribution in [0.1, 0.15) is 79.9 Å². The number of piperidine rings is 2. The van der Waals surface area contributed by atoms with E-state index in [9.17, 15) is 18.4 Å². The molecular formula is C29H43F2N5O2. The van der Waals surface area contributed by atoms with Crippen LogP contribution >= 0.6 is 0 Å². The van der Waals surface area contributed by atoms with Gasteiger partial charge in [-0.15, -0.1) is 0 Å². The van der Waals surface area contributed by atoms with E-state index in [0.717, 1.165) is 75.2 Å². The summed E-state index contributed by atoms with van der Waals surface area (Å²) in [6.07, 6.45) is 6.49. The molecule has 1 aromatic heterocycles. The fourth-order valence-corrected chi connectivity index (χ4v) is 7.10. The summed E-state index contributed by atoms with van der Waals surface area (Å²) in [5.41, 5.74) is 2.57. The van der Waals surface area contributed by atoms with Crippen LogP contribution in [0.15, 0.2) is 12.3 Å². The zero-order chi connectivity index (χ0) is 27.1. The minimum atomic E-state index is -2.52. The van der Waals surface area contributed by atoms with Crippen molar-refractivity contribution in [2.45, 2.75) is 89.6 Å². The van der Waals surface area contributed by atoms with Gasteiger partial charge in [0, 0.05) is 76.4 Å².